The fourth-order valence-corrected chi connectivity index (χ4v) is 1.01. The van der Waals surface area contributed by atoms with Crippen molar-refractivity contribution in [3.05, 3.63) is 6.61 Å². The Bertz CT molecular complexity index is 82.3. The summed E-state index contributed by atoms with van der Waals surface area (Å²) in [7, 11) is 0. The van der Waals surface area contributed by atoms with E-state index in [4.69, 9.17) is 9.47 Å². The lowest BCUT2D eigenvalue weighted by Crippen LogP contribution is -1.98. The summed E-state index contributed by atoms with van der Waals surface area (Å²) in [5, 5.41) is 0. The fourth-order valence-electron chi connectivity index (χ4n) is 1.01. The molecule has 0 atom stereocenters. The third-order valence-electron chi connectivity index (χ3n) is 1.99. The van der Waals surface area contributed by atoms with Crippen molar-refractivity contribution in [2.45, 2.75) is 52.4 Å². The highest BCUT2D eigenvalue weighted by Gasteiger charge is 1.91. The first-order valence-electron chi connectivity index (χ1n) is 5.92. The van der Waals surface area contributed by atoms with Crippen molar-refractivity contribution in [1.29, 1.82) is 0 Å². The molecule has 0 saturated heterocycles. The molecule has 0 aromatic heterocycles. The van der Waals surface area contributed by atoms with E-state index in [1.165, 1.54) is 19.3 Å². The Balaban J connectivity index is 2.78. The summed E-state index contributed by atoms with van der Waals surface area (Å²) in [6.07, 6.45) is 6.84. The molecule has 0 aliphatic heterocycles. The number of unbranched alkanes of at least 4 members (excludes halogenated alkanes) is 3. The molecule has 0 N–H and O–H groups in total. The summed E-state index contributed by atoms with van der Waals surface area (Å²) >= 11 is 0. The SMILES string of the molecule is CCCCO[CH]CCCOCCCC. The van der Waals surface area contributed by atoms with Gasteiger partial charge in [0.1, 0.15) is 0 Å². The molecule has 0 aliphatic rings. The zero-order chi connectivity index (χ0) is 10.5. The zero-order valence-electron chi connectivity index (χ0n) is 9.76. The first-order chi connectivity index (χ1) is 6.91. The third kappa shape index (κ3) is 11.9. The lowest BCUT2D eigenvalue weighted by molar-refractivity contribution is 0.120. The minimum absolute atomic E-state index is 0.868. The molecule has 0 heterocycles. The molecule has 1 radical (unpaired) electrons. The van der Waals surface area contributed by atoms with Gasteiger partial charge in [0.15, 0.2) is 0 Å². The van der Waals surface area contributed by atoms with Crippen molar-refractivity contribution in [1.82, 2.24) is 0 Å². The van der Waals surface area contributed by atoms with Gasteiger partial charge in [-0.2, -0.15) is 0 Å². The van der Waals surface area contributed by atoms with E-state index in [1.807, 2.05) is 6.61 Å². The highest BCUT2D eigenvalue weighted by atomic mass is 16.5. The first kappa shape index (κ1) is 13.9. The molecule has 0 aromatic rings. The second-order valence-corrected chi connectivity index (χ2v) is 3.50. The van der Waals surface area contributed by atoms with E-state index in [0.717, 1.165) is 39.1 Å². The van der Waals surface area contributed by atoms with Crippen LogP contribution < -0.4 is 0 Å². The lowest BCUT2D eigenvalue weighted by atomic mass is 10.3. The van der Waals surface area contributed by atoms with Crippen molar-refractivity contribution >= 4 is 0 Å². The maximum atomic E-state index is 5.43. The number of hydrogen-bond donors (Lipinski definition) is 0. The summed E-state index contributed by atoms with van der Waals surface area (Å²) < 4.78 is 10.7. The molecule has 0 unspecified atom stereocenters. The lowest BCUT2D eigenvalue weighted by Gasteiger charge is -2.03. The van der Waals surface area contributed by atoms with Crippen LogP contribution in [0, 0.1) is 6.61 Å². The van der Waals surface area contributed by atoms with E-state index < -0.39 is 0 Å². The molecule has 0 rings (SSSR count). The Morgan fingerprint density at radius 1 is 0.857 bits per heavy atom. The average Bonchev–Trinajstić information content (AvgIpc) is 2.21. The zero-order valence-corrected chi connectivity index (χ0v) is 9.76. The van der Waals surface area contributed by atoms with Crippen LogP contribution in [0.15, 0.2) is 0 Å². The van der Waals surface area contributed by atoms with E-state index in [9.17, 15) is 0 Å². The van der Waals surface area contributed by atoms with Gasteiger partial charge >= 0.3 is 0 Å². The van der Waals surface area contributed by atoms with Crippen LogP contribution in [0.1, 0.15) is 52.4 Å². The van der Waals surface area contributed by atoms with Crippen molar-refractivity contribution in [2.75, 3.05) is 19.8 Å². The standard InChI is InChI=1S/C12H25O2/c1-3-5-9-13-11-7-8-12-14-10-6-4-2/h11H,3-10,12H2,1-2H3. The second kappa shape index (κ2) is 12.9. The predicted molar refractivity (Wildman–Crippen MR) is 60.1 cm³/mol. The molecule has 0 bridgehead atoms. The molecule has 0 spiro atoms. The minimum Gasteiger partial charge on any atom is -0.381 e. The van der Waals surface area contributed by atoms with E-state index in [2.05, 4.69) is 13.8 Å². The minimum atomic E-state index is 0.868. The maximum Gasteiger partial charge on any atom is 0.0837 e. The van der Waals surface area contributed by atoms with Crippen LogP contribution in [0.25, 0.3) is 0 Å². The molecule has 85 valence electrons. The second-order valence-electron chi connectivity index (χ2n) is 3.50. The molecule has 0 aromatic carbocycles. The van der Waals surface area contributed by atoms with Crippen LogP contribution in [0.4, 0.5) is 0 Å². The van der Waals surface area contributed by atoms with Gasteiger partial charge in [0, 0.05) is 19.8 Å². The predicted octanol–water partition coefficient (Wildman–Crippen LogP) is 3.56. The Hall–Kier alpha value is -0.0800. The van der Waals surface area contributed by atoms with Gasteiger partial charge in [0.2, 0.25) is 0 Å². The van der Waals surface area contributed by atoms with Crippen molar-refractivity contribution in [3.8, 4) is 0 Å². The van der Waals surface area contributed by atoms with Crippen molar-refractivity contribution in [2.24, 2.45) is 0 Å². The summed E-state index contributed by atoms with van der Waals surface area (Å²) in [4.78, 5) is 0. The van der Waals surface area contributed by atoms with Gasteiger partial charge in [-0.15, -0.1) is 0 Å². The highest BCUT2D eigenvalue weighted by Crippen LogP contribution is 1.98. The fraction of sp³-hybridized carbons (Fsp3) is 0.917. The van der Waals surface area contributed by atoms with Crippen LogP contribution >= 0.6 is 0 Å². The number of ether oxygens (including phenoxy) is 2. The quantitative estimate of drug-likeness (QED) is 0.476. The molecule has 0 aliphatic carbocycles. The summed E-state index contributed by atoms with van der Waals surface area (Å²) in [5.74, 6) is 0. The van der Waals surface area contributed by atoms with Crippen LogP contribution in [0.3, 0.4) is 0 Å². The first-order valence-corrected chi connectivity index (χ1v) is 5.92. The summed E-state index contributed by atoms with van der Waals surface area (Å²) in [6, 6.07) is 0. The van der Waals surface area contributed by atoms with Crippen LogP contribution in [-0.2, 0) is 9.47 Å². The van der Waals surface area contributed by atoms with Gasteiger partial charge in [0.05, 0.1) is 6.61 Å². The Morgan fingerprint density at radius 3 is 2.21 bits per heavy atom. The smallest absolute Gasteiger partial charge is 0.0837 e. The monoisotopic (exact) mass is 201 g/mol. The van der Waals surface area contributed by atoms with Crippen LogP contribution in [0.2, 0.25) is 0 Å². The molecule has 0 fully saturated rings. The van der Waals surface area contributed by atoms with Crippen LogP contribution in [-0.4, -0.2) is 19.8 Å². The molecule has 0 amide bonds. The molecule has 2 heteroatoms. The van der Waals surface area contributed by atoms with Crippen molar-refractivity contribution < 1.29 is 9.47 Å². The Kier molecular flexibility index (Phi) is 12.8. The number of hydrogen-bond acceptors (Lipinski definition) is 2. The van der Waals surface area contributed by atoms with E-state index in [1.54, 1.807) is 0 Å². The molecular weight excluding hydrogens is 176 g/mol. The Labute approximate surface area is 89.0 Å². The molecule has 0 saturated carbocycles. The van der Waals surface area contributed by atoms with Gasteiger partial charge in [-0.05, 0) is 25.7 Å². The molecule has 2 nitrogen and oxygen atoms in total. The molecule has 14 heavy (non-hydrogen) atoms. The summed E-state index contributed by atoms with van der Waals surface area (Å²) in [6.45, 7) is 8.91. The van der Waals surface area contributed by atoms with Gasteiger partial charge in [0.25, 0.3) is 0 Å². The normalized spacial score (nSPS) is 10.7. The maximum absolute atomic E-state index is 5.43. The average molecular weight is 201 g/mol. The van der Waals surface area contributed by atoms with Gasteiger partial charge in [-0.1, -0.05) is 26.7 Å². The largest absolute Gasteiger partial charge is 0.381 e. The van der Waals surface area contributed by atoms with Gasteiger partial charge < -0.3 is 9.47 Å². The van der Waals surface area contributed by atoms with E-state index in [-0.39, 0.29) is 0 Å². The highest BCUT2D eigenvalue weighted by molar-refractivity contribution is 4.50. The van der Waals surface area contributed by atoms with Gasteiger partial charge in [-0.25, -0.2) is 0 Å². The molecular formula is C12H25O2. The third-order valence-corrected chi connectivity index (χ3v) is 1.99. The van der Waals surface area contributed by atoms with E-state index in [0.29, 0.717) is 0 Å². The summed E-state index contributed by atoms with van der Waals surface area (Å²) in [5.41, 5.74) is 0. The number of rotatable bonds is 11. The van der Waals surface area contributed by atoms with E-state index >= 15 is 0 Å². The topological polar surface area (TPSA) is 18.5 Å². The van der Waals surface area contributed by atoms with Crippen LogP contribution in [0.5, 0.6) is 0 Å². The van der Waals surface area contributed by atoms with Crippen molar-refractivity contribution in [3.63, 3.8) is 0 Å². The van der Waals surface area contributed by atoms with Gasteiger partial charge in [-0.3, -0.25) is 0 Å². The Morgan fingerprint density at radius 2 is 1.50 bits per heavy atom.